The first kappa shape index (κ1) is 14.9. The van der Waals surface area contributed by atoms with E-state index in [-0.39, 0.29) is 11.3 Å². The Hall–Kier alpha value is -2.55. The molecule has 0 spiro atoms. The van der Waals surface area contributed by atoms with Gasteiger partial charge in [-0.25, -0.2) is 4.79 Å². The van der Waals surface area contributed by atoms with Crippen molar-refractivity contribution in [3.8, 4) is 0 Å². The highest BCUT2D eigenvalue weighted by molar-refractivity contribution is 5.94. The van der Waals surface area contributed by atoms with Gasteiger partial charge in [-0.05, 0) is 19.9 Å². The van der Waals surface area contributed by atoms with Crippen molar-refractivity contribution in [2.75, 3.05) is 0 Å². The quantitative estimate of drug-likeness (QED) is 0.686. The average Bonchev–Trinajstić information content (AvgIpc) is 2.47. The molecule has 0 saturated heterocycles. The molecule has 1 unspecified atom stereocenters. The van der Waals surface area contributed by atoms with E-state index in [1.807, 2.05) is 19.1 Å². The molecule has 3 heteroatoms. The molecule has 0 amide bonds. The van der Waals surface area contributed by atoms with E-state index in [0.717, 1.165) is 5.56 Å². The number of hydrogen-bond donors (Lipinski definition) is 1. The molecular weight excluding hydrogens is 264 g/mol. The van der Waals surface area contributed by atoms with Crippen LogP contribution < -0.4 is 0 Å². The molecular formula is C18H17O3+. The Labute approximate surface area is 124 Å². The summed E-state index contributed by atoms with van der Waals surface area (Å²) in [6.45, 7) is 7.56. The minimum atomic E-state index is -0.971. The smallest absolute Gasteiger partial charge is 0.336 e. The molecule has 2 aromatic carbocycles. The van der Waals surface area contributed by atoms with Crippen molar-refractivity contribution in [1.29, 1.82) is 0 Å². The standard InChI is InChI=1S/C18H16O3/c1-12(19)13-8-10-14(11-9-13)18(2,3)16-7-5-4-6-15(16)17(20)21/h4-11H,2H2,1,3H3/p+1. The number of aromatic carboxylic acids is 1. The lowest BCUT2D eigenvalue weighted by molar-refractivity contribution is 0.0694. The highest BCUT2D eigenvalue weighted by Gasteiger charge is 2.34. The second-order valence-electron chi connectivity index (χ2n) is 5.32. The van der Waals surface area contributed by atoms with Crippen LogP contribution in [0.2, 0.25) is 0 Å². The van der Waals surface area contributed by atoms with Crippen molar-refractivity contribution >= 4 is 11.8 Å². The molecule has 1 atom stereocenters. The predicted octanol–water partition coefficient (Wildman–Crippen LogP) is 3.73. The zero-order chi connectivity index (χ0) is 15.6. The number of Topliss-reactive ketones (excluding diaryl/α,β-unsaturated/α-hetero) is 1. The number of rotatable bonds is 4. The van der Waals surface area contributed by atoms with E-state index in [2.05, 4.69) is 6.92 Å². The van der Waals surface area contributed by atoms with Crippen LogP contribution in [0.1, 0.15) is 45.7 Å². The molecule has 2 rings (SSSR count). The van der Waals surface area contributed by atoms with Crippen molar-refractivity contribution in [3.05, 3.63) is 77.7 Å². The zero-order valence-corrected chi connectivity index (χ0v) is 12.1. The third-order valence-corrected chi connectivity index (χ3v) is 3.68. The van der Waals surface area contributed by atoms with Gasteiger partial charge in [0, 0.05) is 16.7 Å². The average molecular weight is 281 g/mol. The maximum atomic E-state index is 11.4. The van der Waals surface area contributed by atoms with Crippen LogP contribution in [0.3, 0.4) is 0 Å². The Balaban J connectivity index is 2.51. The molecule has 0 aliphatic rings. The molecule has 0 aromatic heterocycles. The van der Waals surface area contributed by atoms with Gasteiger partial charge in [-0.15, -0.1) is 0 Å². The largest absolute Gasteiger partial charge is 0.478 e. The third-order valence-electron chi connectivity index (χ3n) is 3.68. The van der Waals surface area contributed by atoms with E-state index >= 15 is 0 Å². The van der Waals surface area contributed by atoms with Crippen LogP contribution in [-0.2, 0) is 5.41 Å². The van der Waals surface area contributed by atoms with Crippen LogP contribution in [0.15, 0.2) is 48.5 Å². The minimum absolute atomic E-state index is 0.00162. The molecule has 0 fully saturated rings. The van der Waals surface area contributed by atoms with Crippen LogP contribution in [0.25, 0.3) is 0 Å². The van der Waals surface area contributed by atoms with Gasteiger partial charge in [0.15, 0.2) is 11.2 Å². The summed E-state index contributed by atoms with van der Waals surface area (Å²) in [6.07, 6.45) is 0. The van der Waals surface area contributed by atoms with Gasteiger partial charge in [-0.1, -0.05) is 42.5 Å². The molecule has 21 heavy (non-hydrogen) atoms. The van der Waals surface area contributed by atoms with E-state index in [4.69, 9.17) is 0 Å². The lowest BCUT2D eigenvalue weighted by Crippen LogP contribution is -2.23. The lowest BCUT2D eigenvalue weighted by Gasteiger charge is -2.21. The fourth-order valence-corrected chi connectivity index (χ4v) is 2.38. The minimum Gasteiger partial charge on any atom is -0.478 e. The fraction of sp³-hybridized carbons (Fsp3) is 0.167. The van der Waals surface area contributed by atoms with E-state index in [1.54, 1.807) is 36.4 Å². The number of carbonyl (C=O) groups is 2. The second-order valence-corrected chi connectivity index (χ2v) is 5.32. The summed E-state index contributed by atoms with van der Waals surface area (Å²) >= 11 is 0. The molecule has 1 N–H and O–H groups in total. The summed E-state index contributed by atoms with van der Waals surface area (Å²) in [5.74, 6) is -0.973. The van der Waals surface area contributed by atoms with Crippen LogP contribution in [-0.4, -0.2) is 16.9 Å². The molecule has 0 saturated carbocycles. The van der Waals surface area contributed by atoms with Crippen molar-refractivity contribution in [2.45, 2.75) is 19.3 Å². The first-order valence-electron chi connectivity index (χ1n) is 6.63. The number of benzene rings is 2. The monoisotopic (exact) mass is 281 g/mol. The Morgan fingerprint density at radius 3 is 2.14 bits per heavy atom. The number of carboxylic acids is 1. The topological polar surface area (TPSA) is 54.4 Å². The fourth-order valence-electron chi connectivity index (χ4n) is 2.38. The normalized spacial score (nSPS) is 13.4. The van der Waals surface area contributed by atoms with Crippen LogP contribution in [0, 0.1) is 6.92 Å². The van der Waals surface area contributed by atoms with Crippen LogP contribution in [0.5, 0.6) is 0 Å². The number of ketones is 1. The Kier molecular flexibility index (Phi) is 3.85. The number of carboxylic acid groups (broad SMARTS) is 1. The Morgan fingerprint density at radius 1 is 1.05 bits per heavy atom. The van der Waals surface area contributed by atoms with Gasteiger partial charge in [-0.2, -0.15) is 0 Å². The summed E-state index contributed by atoms with van der Waals surface area (Å²) < 4.78 is 0. The van der Waals surface area contributed by atoms with E-state index in [1.165, 1.54) is 6.92 Å². The Bertz CT molecular complexity index is 682. The van der Waals surface area contributed by atoms with Gasteiger partial charge in [0.25, 0.3) is 0 Å². The first-order chi connectivity index (χ1) is 9.84. The molecule has 2 aromatic rings. The van der Waals surface area contributed by atoms with Crippen molar-refractivity contribution < 1.29 is 14.7 Å². The van der Waals surface area contributed by atoms with Gasteiger partial charge < -0.3 is 5.11 Å². The highest BCUT2D eigenvalue weighted by atomic mass is 16.4. The number of hydrogen-bond acceptors (Lipinski definition) is 2. The Morgan fingerprint density at radius 2 is 1.62 bits per heavy atom. The van der Waals surface area contributed by atoms with Gasteiger partial charge in [0.05, 0.1) is 12.5 Å². The molecule has 0 aliphatic heterocycles. The zero-order valence-electron chi connectivity index (χ0n) is 12.1. The summed E-state index contributed by atoms with van der Waals surface area (Å²) in [5.41, 5.74) is 1.67. The maximum absolute atomic E-state index is 11.4. The molecule has 0 bridgehead atoms. The van der Waals surface area contributed by atoms with Gasteiger partial charge in [0.2, 0.25) is 0 Å². The predicted molar refractivity (Wildman–Crippen MR) is 81.7 cm³/mol. The maximum Gasteiger partial charge on any atom is 0.336 e. The second kappa shape index (κ2) is 5.44. The van der Waals surface area contributed by atoms with Gasteiger partial charge in [0.1, 0.15) is 0 Å². The third kappa shape index (κ3) is 2.82. The molecule has 0 aliphatic carbocycles. The van der Waals surface area contributed by atoms with Crippen molar-refractivity contribution in [2.24, 2.45) is 0 Å². The van der Waals surface area contributed by atoms with E-state index < -0.39 is 11.4 Å². The van der Waals surface area contributed by atoms with Gasteiger partial charge >= 0.3 is 5.97 Å². The lowest BCUT2D eigenvalue weighted by atomic mass is 9.76. The van der Waals surface area contributed by atoms with Crippen LogP contribution >= 0.6 is 0 Å². The number of carbonyl (C=O) groups excluding carboxylic acids is 1. The summed E-state index contributed by atoms with van der Waals surface area (Å²) in [4.78, 5) is 22.7. The summed E-state index contributed by atoms with van der Waals surface area (Å²) in [5, 5.41) is 9.32. The van der Waals surface area contributed by atoms with Gasteiger partial charge in [-0.3, -0.25) is 4.79 Å². The van der Waals surface area contributed by atoms with Crippen LogP contribution in [0.4, 0.5) is 0 Å². The SMILES string of the molecule is [CH2+]C(C)(c1ccc(C(C)=O)cc1)c1ccccc1C(=O)O. The molecule has 3 nitrogen and oxygen atoms in total. The van der Waals surface area contributed by atoms with Crippen molar-refractivity contribution in [1.82, 2.24) is 0 Å². The molecule has 0 radical (unpaired) electrons. The molecule has 106 valence electrons. The summed E-state index contributed by atoms with van der Waals surface area (Å²) in [7, 11) is 0. The highest BCUT2D eigenvalue weighted by Crippen LogP contribution is 2.33. The van der Waals surface area contributed by atoms with Crippen molar-refractivity contribution in [3.63, 3.8) is 0 Å². The molecule has 0 heterocycles. The first-order valence-corrected chi connectivity index (χ1v) is 6.63. The summed E-state index contributed by atoms with van der Waals surface area (Å²) in [6, 6.07) is 14.0. The van der Waals surface area contributed by atoms with E-state index in [9.17, 15) is 14.7 Å². The van der Waals surface area contributed by atoms with E-state index in [0.29, 0.717) is 11.1 Å².